The topological polar surface area (TPSA) is 70.0 Å². The van der Waals surface area contributed by atoms with Crippen LogP contribution in [0.4, 0.5) is 0 Å². The summed E-state index contributed by atoms with van der Waals surface area (Å²) in [4.78, 5) is 15.7. The molecule has 1 unspecified atom stereocenters. The Hall–Kier alpha value is -1.39. The Balaban J connectivity index is 2.09. The minimum Gasteiger partial charge on any atom is -0.395 e. The van der Waals surface area contributed by atoms with E-state index >= 15 is 0 Å². The number of morpholine rings is 1. The molecule has 0 radical (unpaired) electrons. The molecule has 1 aromatic rings. The van der Waals surface area contributed by atoms with Crippen molar-refractivity contribution in [2.45, 2.75) is 19.4 Å². The number of amides is 1. The maximum absolute atomic E-state index is 12.5. The Morgan fingerprint density at radius 3 is 3.10 bits per heavy atom. The first kappa shape index (κ1) is 16.0. The predicted octanol–water partition coefficient (Wildman–Crippen LogP) is 0.624. The van der Waals surface area contributed by atoms with Crippen LogP contribution in [0.25, 0.3) is 0 Å². The first-order valence-corrected chi connectivity index (χ1v) is 7.69. The number of aliphatic hydroxyl groups excluding tert-OH is 2. The summed E-state index contributed by atoms with van der Waals surface area (Å²) in [5.74, 6) is 5.82. The molecule has 2 N–H and O–H groups in total. The summed E-state index contributed by atoms with van der Waals surface area (Å²) in [5, 5.41) is 17.9. The summed E-state index contributed by atoms with van der Waals surface area (Å²) < 4.78 is 5.35. The largest absolute Gasteiger partial charge is 0.395 e. The fourth-order valence-corrected chi connectivity index (χ4v) is 3.10. The number of ether oxygens (including phenoxy) is 1. The minimum atomic E-state index is -0.299. The second-order valence-corrected chi connectivity index (χ2v) is 5.88. The maximum Gasteiger partial charge on any atom is 0.264 e. The molecule has 2 rings (SSSR count). The maximum atomic E-state index is 12.5. The second-order valence-electron chi connectivity index (χ2n) is 4.82. The molecule has 0 saturated carbocycles. The lowest BCUT2D eigenvalue weighted by molar-refractivity contribution is -0.0446. The lowest BCUT2D eigenvalue weighted by Crippen LogP contribution is -2.46. The number of carbonyl (C=O) groups is 1. The van der Waals surface area contributed by atoms with E-state index in [4.69, 9.17) is 14.9 Å². The number of hydrogen-bond donors (Lipinski definition) is 2. The third-order valence-corrected chi connectivity index (χ3v) is 4.34. The van der Waals surface area contributed by atoms with Gasteiger partial charge in [-0.05, 0) is 18.6 Å². The standard InChI is InChI=1S/C15H19NO4S/c1-11-8-14(21-13(11)4-2-3-6-17)15(19)16-5-7-20-12(9-16)10-18/h8,12,17-18H,3,5-7,9-10H2,1H3. The first-order chi connectivity index (χ1) is 10.2. The highest BCUT2D eigenvalue weighted by Crippen LogP contribution is 2.23. The molecule has 5 nitrogen and oxygen atoms in total. The van der Waals surface area contributed by atoms with E-state index in [9.17, 15) is 4.79 Å². The van der Waals surface area contributed by atoms with Crippen LogP contribution in [0.2, 0.25) is 0 Å². The molecule has 0 spiro atoms. The summed E-state index contributed by atoms with van der Waals surface area (Å²) in [7, 11) is 0. The van der Waals surface area contributed by atoms with Gasteiger partial charge in [0, 0.05) is 19.5 Å². The van der Waals surface area contributed by atoms with Crippen LogP contribution < -0.4 is 0 Å². The zero-order chi connectivity index (χ0) is 15.2. The van der Waals surface area contributed by atoms with Crippen LogP contribution in [-0.4, -0.2) is 60.0 Å². The summed E-state index contributed by atoms with van der Waals surface area (Å²) >= 11 is 1.37. The van der Waals surface area contributed by atoms with Gasteiger partial charge in [-0.25, -0.2) is 0 Å². The van der Waals surface area contributed by atoms with Crippen LogP contribution in [0.1, 0.15) is 26.5 Å². The molecule has 21 heavy (non-hydrogen) atoms. The first-order valence-electron chi connectivity index (χ1n) is 6.87. The quantitative estimate of drug-likeness (QED) is 0.803. The highest BCUT2D eigenvalue weighted by atomic mass is 32.1. The fraction of sp³-hybridized carbons (Fsp3) is 0.533. The van der Waals surface area contributed by atoms with Gasteiger partial charge < -0.3 is 19.8 Å². The molecule has 2 heterocycles. The molecule has 1 aliphatic rings. The summed E-state index contributed by atoms with van der Waals surface area (Å²) in [6, 6.07) is 1.85. The van der Waals surface area contributed by atoms with Crippen molar-refractivity contribution in [1.82, 2.24) is 4.90 Å². The fourth-order valence-electron chi connectivity index (χ4n) is 2.08. The van der Waals surface area contributed by atoms with Crippen molar-refractivity contribution < 1.29 is 19.7 Å². The zero-order valence-electron chi connectivity index (χ0n) is 12.0. The third kappa shape index (κ3) is 4.05. The van der Waals surface area contributed by atoms with Crippen molar-refractivity contribution in [3.05, 3.63) is 21.4 Å². The Morgan fingerprint density at radius 2 is 2.38 bits per heavy atom. The molecule has 1 amide bonds. The molecule has 1 fully saturated rings. The van der Waals surface area contributed by atoms with Gasteiger partial charge in [-0.1, -0.05) is 11.8 Å². The van der Waals surface area contributed by atoms with Crippen LogP contribution in [0, 0.1) is 18.8 Å². The Labute approximate surface area is 128 Å². The van der Waals surface area contributed by atoms with Crippen molar-refractivity contribution >= 4 is 17.2 Å². The highest BCUT2D eigenvalue weighted by molar-refractivity contribution is 7.14. The number of carbonyl (C=O) groups excluding carboxylic acids is 1. The minimum absolute atomic E-state index is 0.0412. The van der Waals surface area contributed by atoms with E-state index in [2.05, 4.69) is 11.8 Å². The summed E-state index contributed by atoms with van der Waals surface area (Å²) in [6.45, 7) is 3.29. The molecule has 1 saturated heterocycles. The van der Waals surface area contributed by atoms with Crippen molar-refractivity contribution in [2.75, 3.05) is 32.9 Å². The zero-order valence-corrected chi connectivity index (χ0v) is 12.8. The lowest BCUT2D eigenvalue weighted by atomic mass is 10.2. The van der Waals surface area contributed by atoms with Crippen LogP contribution in [0.5, 0.6) is 0 Å². The van der Waals surface area contributed by atoms with Gasteiger partial charge in [-0.3, -0.25) is 4.79 Å². The van der Waals surface area contributed by atoms with Crippen LogP contribution in [0.15, 0.2) is 6.07 Å². The van der Waals surface area contributed by atoms with Crippen LogP contribution in [0.3, 0.4) is 0 Å². The second kappa shape index (κ2) is 7.57. The van der Waals surface area contributed by atoms with Gasteiger partial charge in [-0.2, -0.15) is 0 Å². The lowest BCUT2D eigenvalue weighted by Gasteiger charge is -2.31. The van der Waals surface area contributed by atoms with E-state index in [1.54, 1.807) is 4.90 Å². The Morgan fingerprint density at radius 1 is 1.57 bits per heavy atom. The third-order valence-electron chi connectivity index (χ3n) is 3.20. The van der Waals surface area contributed by atoms with Gasteiger partial charge in [0.25, 0.3) is 5.91 Å². The number of aliphatic hydroxyl groups is 2. The van der Waals surface area contributed by atoms with Gasteiger partial charge in [0.2, 0.25) is 0 Å². The van der Waals surface area contributed by atoms with Gasteiger partial charge in [-0.15, -0.1) is 11.3 Å². The van der Waals surface area contributed by atoms with Gasteiger partial charge in [0.15, 0.2) is 0 Å². The molecule has 0 aliphatic carbocycles. The number of nitrogens with zero attached hydrogens (tertiary/aromatic N) is 1. The SMILES string of the molecule is Cc1cc(C(=O)N2CCOC(CO)C2)sc1C#CCCO. The number of thiophene rings is 1. The van der Waals surface area contributed by atoms with E-state index in [0.717, 1.165) is 10.4 Å². The average molecular weight is 309 g/mol. The number of aryl methyl sites for hydroxylation is 1. The van der Waals surface area contributed by atoms with E-state index in [-0.39, 0.29) is 25.2 Å². The van der Waals surface area contributed by atoms with Crippen molar-refractivity contribution in [2.24, 2.45) is 0 Å². The number of rotatable bonds is 3. The van der Waals surface area contributed by atoms with E-state index < -0.39 is 0 Å². The molecule has 1 aliphatic heterocycles. The molecule has 1 aromatic heterocycles. The van der Waals surface area contributed by atoms with E-state index in [1.165, 1.54) is 11.3 Å². The predicted molar refractivity (Wildman–Crippen MR) is 80.4 cm³/mol. The molecule has 1 atom stereocenters. The Bertz CT molecular complexity index is 558. The molecular weight excluding hydrogens is 290 g/mol. The smallest absolute Gasteiger partial charge is 0.264 e. The monoisotopic (exact) mass is 309 g/mol. The van der Waals surface area contributed by atoms with Crippen molar-refractivity contribution in [3.8, 4) is 11.8 Å². The Kier molecular flexibility index (Phi) is 5.76. The molecular formula is C15H19NO4S. The average Bonchev–Trinajstić information content (AvgIpc) is 2.88. The van der Waals surface area contributed by atoms with Gasteiger partial charge in [0.05, 0.1) is 35.7 Å². The summed E-state index contributed by atoms with van der Waals surface area (Å²) in [5.41, 5.74) is 0.973. The molecule has 6 heteroatoms. The molecule has 0 bridgehead atoms. The van der Waals surface area contributed by atoms with Gasteiger partial charge >= 0.3 is 0 Å². The number of hydrogen-bond acceptors (Lipinski definition) is 5. The van der Waals surface area contributed by atoms with Crippen LogP contribution in [-0.2, 0) is 4.74 Å². The molecule has 0 aromatic carbocycles. The normalized spacial score (nSPS) is 18.2. The van der Waals surface area contributed by atoms with Crippen molar-refractivity contribution in [1.29, 1.82) is 0 Å². The summed E-state index contributed by atoms with van der Waals surface area (Å²) in [6.07, 6.45) is 0.134. The van der Waals surface area contributed by atoms with E-state index in [0.29, 0.717) is 31.0 Å². The van der Waals surface area contributed by atoms with Gasteiger partial charge in [0.1, 0.15) is 0 Å². The molecule has 114 valence electrons. The highest BCUT2D eigenvalue weighted by Gasteiger charge is 2.25. The van der Waals surface area contributed by atoms with E-state index in [1.807, 2.05) is 13.0 Å². The van der Waals surface area contributed by atoms with Crippen LogP contribution >= 0.6 is 11.3 Å². The van der Waals surface area contributed by atoms with Crippen molar-refractivity contribution in [3.63, 3.8) is 0 Å².